The minimum absolute atomic E-state index is 0.165. The highest BCUT2D eigenvalue weighted by molar-refractivity contribution is 5.96. The van der Waals surface area contributed by atoms with Crippen LogP contribution in [0.3, 0.4) is 0 Å². The van der Waals surface area contributed by atoms with Gasteiger partial charge < -0.3 is 14.0 Å². The number of fused-ring (bicyclic) bond motifs is 5. The van der Waals surface area contributed by atoms with Crippen molar-refractivity contribution in [2.45, 2.75) is 13.0 Å². The van der Waals surface area contributed by atoms with E-state index in [-0.39, 0.29) is 5.56 Å². The van der Waals surface area contributed by atoms with E-state index in [4.69, 9.17) is 9.47 Å². The van der Waals surface area contributed by atoms with Crippen LogP contribution in [0, 0.1) is 0 Å². The number of aromatic amines is 1. The van der Waals surface area contributed by atoms with E-state index in [0.29, 0.717) is 11.1 Å². The Balaban J connectivity index is 2.06. The summed E-state index contributed by atoms with van der Waals surface area (Å²) in [6.07, 6.45) is 4.48. The molecule has 1 N–H and O–H groups in total. The summed E-state index contributed by atoms with van der Waals surface area (Å²) in [5, 5.41) is 7.94. The summed E-state index contributed by atoms with van der Waals surface area (Å²) in [4.78, 5) is 12.0. The zero-order chi connectivity index (χ0) is 15.3. The summed E-state index contributed by atoms with van der Waals surface area (Å²) in [7, 11) is 3.26. The second-order valence-corrected chi connectivity index (χ2v) is 5.31. The molecule has 0 aliphatic carbocycles. The van der Waals surface area contributed by atoms with Gasteiger partial charge in [-0.2, -0.15) is 5.10 Å². The lowest BCUT2D eigenvalue weighted by molar-refractivity contribution is 0.354. The van der Waals surface area contributed by atoms with Crippen LogP contribution in [0.15, 0.2) is 29.3 Å². The van der Waals surface area contributed by atoms with Crippen LogP contribution < -0.4 is 15.0 Å². The van der Waals surface area contributed by atoms with Crippen LogP contribution >= 0.6 is 0 Å². The lowest BCUT2D eigenvalue weighted by Gasteiger charge is -2.21. The maximum Gasteiger partial charge on any atom is 0.273 e. The molecule has 1 aliphatic rings. The fourth-order valence-corrected chi connectivity index (χ4v) is 3.16. The van der Waals surface area contributed by atoms with E-state index in [1.165, 1.54) is 5.56 Å². The monoisotopic (exact) mass is 297 g/mol. The van der Waals surface area contributed by atoms with Crippen LogP contribution in [-0.4, -0.2) is 29.0 Å². The largest absolute Gasteiger partial charge is 0.493 e. The highest BCUT2D eigenvalue weighted by atomic mass is 16.5. The molecule has 4 rings (SSSR count). The molecule has 0 saturated carbocycles. The summed E-state index contributed by atoms with van der Waals surface area (Å²) in [6, 6.07) is 3.98. The molecule has 1 aliphatic heterocycles. The number of rotatable bonds is 2. The van der Waals surface area contributed by atoms with Gasteiger partial charge in [0.1, 0.15) is 0 Å². The molecule has 22 heavy (non-hydrogen) atoms. The smallest absolute Gasteiger partial charge is 0.273 e. The first-order chi connectivity index (χ1) is 10.7. The number of hydrogen-bond donors (Lipinski definition) is 1. The van der Waals surface area contributed by atoms with Crippen molar-refractivity contribution in [3.8, 4) is 22.8 Å². The first-order valence-electron chi connectivity index (χ1n) is 7.04. The Morgan fingerprint density at radius 1 is 1.18 bits per heavy atom. The van der Waals surface area contributed by atoms with Crippen LogP contribution in [0.4, 0.5) is 0 Å². The third kappa shape index (κ3) is 1.67. The van der Waals surface area contributed by atoms with Crippen molar-refractivity contribution < 1.29 is 9.47 Å². The Morgan fingerprint density at radius 3 is 2.73 bits per heavy atom. The number of methoxy groups -OCH3 is 2. The van der Waals surface area contributed by atoms with E-state index in [0.717, 1.165) is 35.4 Å². The third-order valence-electron chi connectivity index (χ3n) is 4.21. The molecule has 6 heteroatoms. The molecule has 0 fully saturated rings. The van der Waals surface area contributed by atoms with Crippen molar-refractivity contribution in [3.63, 3.8) is 0 Å². The third-order valence-corrected chi connectivity index (χ3v) is 4.21. The molecule has 0 radical (unpaired) electrons. The van der Waals surface area contributed by atoms with E-state index < -0.39 is 0 Å². The number of aromatic nitrogens is 3. The molecule has 6 nitrogen and oxygen atoms in total. The molecule has 3 aromatic rings. The van der Waals surface area contributed by atoms with Crippen LogP contribution in [0.2, 0.25) is 0 Å². The first-order valence-corrected chi connectivity index (χ1v) is 7.04. The highest BCUT2D eigenvalue weighted by Gasteiger charge is 2.23. The average molecular weight is 297 g/mol. The zero-order valence-corrected chi connectivity index (χ0v) is 12.3. The van der Waals surface area contributed by atoms with Crippen LogP contribution in [0.1, 0.15) is 5.56 Å². The van der Waals surface area contributed by atoms with Gasteiger partial charge in [0.25, 0.3) is 5.56 Å². The maximum atomic E-state index is 12.0. The summed E-state index contributed by atoms with van der Waals surface area (Å²) >= 11 is 0. The van der Waals surface area contributed by atoms with Crippen molar-refractivity contribution in [2.75, 3.05) is 14.2 Å². The average Bonchev–Trinajstić information content (AvgIpc) is 2.94. The number of ether oxygens (including phenoxy) is 2. The summed E-state index contributed by atoms with van der Waals surface area (Å²) in [6.45, 7) is 0.825. The normalized spacial score (nSPS) is 12.8. The van der Waals surface area contributed by atoms with Gasteiger partial charge in [-0.25, -0.2) is 5.10 Å². The molecule has 112 valence electrons. The number of nitrogens with zero attached hydrogens (tertiary/aromatic N) is 2. The van der Waals surface area contributed by atoms with Gasteiger partial charge in [0.05, 0.1) is 31.5 Å². The van der Waals surface area contributed by atoms with E-state index in [2.05, 4.69) is 14.8 Å². The summed E-state index contributed by atoms with van der Waals surface area (Å²) in [5.41, 5.74) is 3.09. The Bertz CT molecular complexity index is 940. The van der Waals surface area contributed by atoms with E-state index in [1.54, 1.807) is 20.4 Å². The fraction of sp³-hybridized carbons (Fsp3) is 0.250. The van der Waals surface area contributed by atoms with Crippen LogP contribution in [-0.2, 0) is 13.0 Å². The molecule has 0 saturated heterocycles. The van der Waals surface area contributed by atoms with Crippen molar-refractivity contribution in [3.05, 3.63) is 40.4 Å². The minimum Gasteiger partial charge on any atom is -0.493 e. The molecular weight excluding hydrogens is 282 g/mol. The topological polar surface area (TPSA) is 69.1 Å². The molecule has 0 unspecified atom stereocenters. The maximum absolute atomic E-state index is 12.0. The van der Waals surface area contributed by atoms with Gasteiger partial charge in [0, 0.05) is 23.7 Å². The number of H-pyrrole nitrogens is 1. The number of hydrogen-bond acceptors (Lipinski definition) is 4. The SMILES string of the molecule is COc1cc2c(cc1OC)-c1c3cn[nH]c(=O)c3cn1CC2. The van der Waals surface area contributed by atoms with Crippen molar-refractivity contribution in [1.29, 1.82) is 0 Å². The second kappa shape index (κ2) is 4.62. The zero-order valence-electron chi connectivity index (χ0n) is 12.3. The Labute approximate surface area is 126 Å². The molecular formula is C16H15N3O3. The Kier molecular flexibility index (Phi) is 2.72. The van der Waals surface area contributed by atoms with E-state index in [9.17, 15) is 4.79 Å². The van der Waals surface area contributed by atoms with Crippen LogP contribution in [0.25, 0.3) is 22.0 Å². The molecule has 1 aromatic carbocycles. The number of aryl methyl sites for hydroxylation is 2. The van der Waals surface area contributed by atoms with Gasteiger partial charge >= 0.3 is 0 Å². The molecule has 3 heterocycles. The highest BCUT2D eigenvalue weighted by Crippen LogP contribution is 2.41. The van der Waals surface area contributed by atoms with Crippen molar-refractivity contribution in [1.82, 2.24) is 14.8 Å². The van der Waals surface area contributed by atoms with Gasteiger partial charge in [0.15, 0.2) is 11.5 Å². The van der Waals surface area contributed by atoms with Gasteiger partial charge in [-0.15, -0.1) is 0 Å². The Hall–Kier alpha value is -2.76. The van der Waals surface area contributed by atoms with E-state index >= 15 is 0 Å². The van der Waals surface area contributed by atoms with Crippen LogP contribution in [0.5, 0.6) is 11.5 Å². The van der Waals surface area contributed by atoms with Crippen molar-refractivity contribution in [2.24, 2.45) is 0 Å². The predicted octanol–water partition coefficient (Wildman–Crippen LogP) is 1.96. The standard InChI is InChI=1S/C16H15N3O3/c1-21-13-5-9-3-4-19-8-12-11(7-17-18-16(12)20)15(19)10(9)6-14(13)22-2/h5-8H,3-4H2,1-2H3,(H,18,20). The molecule has 0 spiro atoms. The van der Waals surface area contributed by atoms with Gasteiger partial charge in [0.2, 0.25) is 0 Å². The quantitative estimate of drug-likeness (QED) is 0.785. The van der Waals surface area contributed by atoms with Crippen molar-refractivity contribution >= 4 is 10.8 Å². The summed E-state index contributed by atoms with van der Waals surface area (Å²) < 4.78 is 12.9. The Morgan fingerprint density at radius 2 is 1.95 bits per heavy atom. The van der Waals surface area contributed by atoms with Gasteiger partial charge in [-0.1, -0.05) is 0 Å². The predicted molar refractivity (Wildman–Crippen MR) is 82.6 cm³/mol. The summed E-state index contributed by atoms with van der Waals surface area (Å²) in [5.74, 6) is 1.41. The molecule has 0 bridgehead atoms. The molecule has 0 amide bonds. The lowest BCUT2D eigenvalue weighted by atomic mass is 9.96. The fourth-order valence-electron chi connectivity index (χ4n) is 3.16. The van der Waals surface area contributed by atoms with Gasteiger partial charge in [-0.05, 0) is 24.1 Å². The second-order valence-electron chi connectivity index (χ2n) is 5.31. The lowest BCUT2D eigenvalue weighted by Crippen LogP contribution is -2.10. The molecule has 0 atom stereocenters. The number of benzene rings is 1. The molecule has 2 aromatic heterocycles. The first kappa shape index (κ1) is 12.9. The van der Waals surface area contributed by atoms with E-state index in [1.807, 2.05) is 18.3 Å². The number of nitrogens with one attached hydrogen (secondary N) is 1. The minimum atomic E-state index is -0.165. The van der Waals surface area contributed by atoms with Gasteiger partial charge in [-0.3, -0.25) is 4.79 Å².